The number of ether oxygens (including phenoxy) is 1. The van der Waals surface area contributed by atoms with Gasteiger partial charge in [-0.25, -0.2) is 0 Å². The maximum absolute atomic E-state index is 12.3. The standard InChI is InChI=1S/C21H23NO5/c1-13(23)15-6-5-7-18(12-15)27-14(2)19(24)22-17-10-8-16(9-11-17)21(3,4)20(25)26/h5-12,14H,1-4H3,(H,22,24)(H,25,26). The molecule has 0 aromatic heterocycles. The Morgan fingerprint density at radius 1 is 1.07 bits per heavy atom. The summed E-state index contributed by atoms with van der Waals surface area (Å²) in [5.74, 6) is -0.923. The predicted octanol–water partition coefficient (Wildman–Crippen LogP) is 3.66. The fourth-order valence-corrected chi connectivity index (χ4v) is 2.38. The lowest BCUT2D eigenvalue weighted by Gasteiger charge is -2.20. The van der Waals surface area contributed by atoms with Crippen molar-refractivity contribution >= 4 is 23.3 Å². The molecule has 1 amide bonds. The van der Waals surface area contributed by atoms with E-state index in [1.165, 1.54) is 6.92 Å². The lowest BCUT2D eigenvalue weighted by atomic mass is 9.85. The monoisotopic (exact) mass is 369 g/mol. The first kappa shape index (κ1) is 20.2. The number of benzene rings is 2. The first-order chi connectivity index (χ1) is 12.6. The van der Waals surface area contributed by atoms with Gasteiger partial charge in [0.1, 0.15) is 5.75 Å². The third-order valence-corrected chi connectivity index (χ3v) is 4.33. The summed E-state index contributed by atoms with van der Waals surface area (Å²) in [4.78, 5) is 35.1. The Bertz CT molecular complexity index is 855. The number of nitrogens with one attached hydrogen (secondary N) is 1. The molecule has 0 aliphatic carbocycles. The number of ketones is 1. The first-order valence-electron chi connectivity index (χ1n) is 8.53. The maximum atomic E-state index is 12.3. The quantitative estimate of drug-likeness (QED) is 0.727. The molecule has 0 saturated heterocycles. The Hall–Kier alpha value is -3.15. The molecule has 1 atom stereocenters. The van der Waals surface area contributed by atoms with Crippen LogP contribution in [-0.4, -0.2) is 28.9 Å². The lowest BCUT2D eigenvalue weighted by molar-refractivity contribution is -0.142. The van der Waals surface area contributed by atoms with Gasteiger partial charge in [0, 0.05) is 11.3 Å². The highest BCUT2D eigenvalue weighted by molar-refractivity contribution is 5.95. The summed E-state index contributed by atoms with van der Waals surface area (Å²) in [6, 6.07) is 13.3. The molecular formula is C21H23NO5. The Morgan fingerprint density at radius 3 is 2.26 bits per heavy atom. The molecule has 0 aliphatic heterocycles. The van der Waals surface area contributed by atoms with Gasteiger partial charge in [0.05, 0.1) is 5.41 Å². The zero-order chi connectivity index (χ0) is 20.2. The minimum atomic E-state index is -1.01. The van der Waals surface area contributed by atoms with E-state index in [9.17, 15) is 19.5 Å². The molecule has 2 N–H and O–H groups in total. The molecule has 6 heteroatoms. The van der Waals surface area contributed by atoms with Crippen molar-refractivity contribution in [2.24, 2.45) is 0 Å². The molecule has 0 spiro atoms. The van der Waals surface area contributed by atoms with Gasteiger partial charge in [-0.1, -0.05) is 24.3 Å². The summed E-state index contributed by atoms with van der Waals surface area (Å²) in [6.07, 6.45) is -0.776. The second-order valence-corrected chi connectivity index (χ2v) is 6.84. The first-order valence-corrected chi connectivity index (χ1v) is 8.53. The van der Waals surface area contributed by atoms with Crippen molar-refractivity contribution in [3.8, 4) is 5.75 Å². The van der Waals surface area contributed by atoms with Crippen LogP contribution in [0.1, 0.15) is 43.6 Å². The van der Waals surface area contributed by atoms with Crippen LogP contribution in [-0.2, 0) is 15.0 Å². The van der Waals surface area contributed by atoms with Crippen molar-refractivity contribution in [2.75, 3.05) is 5.32 Å². The number of rotatable bonds is 7. The second-order valence-electron chi connectivity index (χ2n) is 6.84. The topological polar surface area (TPSA) is 92.7 Å². The summed E-state index contributed by atoms with van der Waals surface area (Å²) in [5.41, 5.74) is 0.675. The molecule has 1 unspecified atom stereocenters. The average Bonchev–Trinajstić information content (AvgIpc) is 2.62. The number of carbonyl (C=O) groups is 3. The van der Waals surface area contributed by atoms with E-state index in [1.54, 1.807) is 69.3 Å². The van der Waals surface area contributed by atoms with Gasteiger partial charge in [0.15, 0.2) is 11.9 Å². The highest BCUT2D eigenvalue weighted by atomic mass is 16.5. The zero-order valence-corrected chi connectivity index (χ0v) is 15.8. The summed E-state index contributed by atoms with van der Waals surface area (Å²) < 4.78 is 5.61. The van der Waals surface area contributed by atoms with Crippen LogP contribution < -0.4 is 10.1 Å². The van der Waals surface area contributed by atoms with Crippen LogP contribution in [0.4, 0.5) is 5.69 Å². The molecule has 0 bridgehead atoms. The molecule has 0 fully saturated rings. The number of Topliss-reactive ketones (excluding diaryl/α,β-unsaturated/α-hetero) is 1. The van der Waals surface area contributed by atoms with Crippen LogP contribution in [0.5, 0.6) is 5.75 Å². The molecule has 27 heavy (non-hydrogen) atoms. The van der Waals surface area contributed by atoms with Gasteiger partial charge >= 0.3 is 5.97 Å². The molecular weight excluding hydrogens is 346 g/mol. The van der Waals surface area contributed by atoms with E-state index in [2.05, 4.69) is 5.32 Å². The number of hydrogen-bond donors (Lipinski definition) is 2. The Balaban J connectivity index is 2.03. The largest absolute Gasteiger partial charge is 0.481 e. The van der Waals surface area contributed by atoms with Crippen molar-refractivity contribution in [2.45, 2.75) is 39.2 Å². The highest BCUT2D eigenvalue weighted by Crippen LogP contribution is 2.25. The summed E-state index contributed by atoms with van der Waals surface area (Å²) in [7, 11) is 0. The van der Waals surface area contributed by atoms with Crippen molar-refractivity contribution in [1.82, 2.24) is 0 Å². The van der Waals surface area contributed by atoms with E-state index < -0.39 is 17.5 Å². The fourth-order valence-electron chi connectivity index (χ4n) is 2.38. The molecule has 0 saturated carbocycles. The minimum absolute atomic E-state index is 0.0815. The average molecular weight is 369 g/mol. The van der Waals surface area contributed by atoms with Crippen molar-refractivity contribution in [1.29, 1.82) is 0 Å². The van der Waals surface area contributed by atoms with Crippen LogP contribution in [0.3, 0.4) is 0 Å². The number of amides is 1. The van der Waals surface area contributed by atoms with E-state index in [1.807, 2.05) is 0 Å². The van der Waals surface area contributed by atoms with Gasteiger partial charge in [-0.15, -0.1) is 0 Å². The summed E-state index contributed by atoms with van der Waals surface area (Å²) in [6.45, 7) is 6.31. The van der Waals surface area contributed by atoms with Gasteiger partial charge < -0.3 is 15.2 Å². The van der Waals surface area contributed by atoms with Crippen molar-refractivity contribution in [3.05, 3.63) is 59.7 Å². The highest BCUT2D eigenvalue weighted by Gasteiger charge is 2.29. The third kappa shape index (κ3) is 4.94. The van der Waals surface area contributed by atoms with Gasteiger partial charge in [-0.05, 0) is 57.5 Å². The SMILES string of the molecule is CC(=O)c1cccc(OC(C)C(=O)Nc2ccc(C(C)(C)C(=O)O)cc2)c1. The van der Waals surface area contributed by atoms with E-state index in [-0.39, 0.29) is 11.7 Å². The van der Waals surface area contributed by atoms with Gasteiger partial charge in [0.25, 0.3) is 5.91 Å². The third-order valence-electron chi connectivity index (χ3n) is 4.33. The molecule has 2 aromatic rings. The number of aliphatic carboxylic acids is 1. The maximum Gasteiger partial charge on any atom is 0.313 e. The van der Waals surface area contributed by atoms with Gasteiger partial charge in [-0.3, -0.25) is 14.4 Å². The van der Waals surface area contributed by atoms with Gasteiger partial charge in [0.2, 0.25) is 0 Å². The molecule has 2 rings (SSSR count). The normalized spacial score (nSPS) is 12.1. The van der Waals surface area contributed by atoms with Crippen molar-refractivity contribution < 1.29 is 24.2 Å². The number of anilines is 1. The van der Waals surface area contributed by atoms with E-state index in [0.717, 1.165) is 0 Å². The van der Waals surface area contributed by atoms with Crippen LogP contribution in [0.2, 0.25) is 0 Å². The number of carboxylic acids is 1. The summed E-state index contributed by atoms with van der Waals surface area (Å²) in [5, 5.41) is 12.0. The molecule has 6 nitrogen and oxygen atoms in total. The van der Waals surface area contributed by atoms with Gasteiger partial charge in [-0.2, -0.15) is 0 Å². The van der Waals surface area contributed by atoms with Crippen LogP contribution in [0, 0.1) is 0 Å². The molecule has 0 radical (unpaired) electrons. The number of hydrogen-bond acceptors (Lipinski definition) is 4. The fraction of sp³-hybridized carbons (Fsp3) is 0.286. The van der Waals surface area contributed by atoms with E-state index >= 15 is 0 Å². The Labute approximate surface area is 158 Å². The minimum Gasteiger partial charge on any atom is -0.481 e. The summed E-state index contributed by atoms with van der Waals surface area (Å²) >= 11 is 0. The Kier molecular flexibility index (Phi) is 6.00. The second kappa shape index (κ2) is 8.03. The molecule has 0 aliphatic rings. The van der Waals surface area contributed by atoms with Crippen LogP contribution >= 0.6 is 0 Å². The smallest absolute Gasteiger partial charge is 0.313 e. The predicted molar refractivity (Wildman–Crippen MR) is 102 cm³/mol. The van der Waals surface area contributed by atoms with E-state index in [4.69, 9.17) is 4.74 Å². The molecule has 142 valence electrons. The van der Waals surface area contributed by atoms with E-state index in [0.29, 0.717) is 22.6 Å². The number of carbonyl (C=O) groups excluding carboxylic acids is 2. The lowest BCUT2D eigenvalue weighted by Crippen LogP contribution is -2.30. The van der Waals surface area contributed by atoms with Crippen LogP contribution in [0.15, 0.2) is 48.5 Å². The zero-order valence-electron chi connectivity index (χ0n) is 15.8. The molecule has 2 aromatic carbocycles. The Morgan fingerprint density at radius 2 is 1.70 bits per heavy atom. The van der Waals surface area contributed by atoms with Crippen LogP contribution in [0.25, 0.3) is 0 Å². The van der Waals surface area contributed by atoms with Crippen molar-refractivity contribution in [3.63, 3.8) is 0 Å². The molecule has 0 heterocycles. The number of carboxylic acid groups (broad SMARTS) is 1.